The van der Waals surface area contributed by atoms with Crippen molar-refractivity contribution in [1.82, 2.24) is 29.2 Å². The second-order valence-corrected chi connectivity index (χ2v) is 9.05. The summed E-state index contributed by atoms with van der Waals surface area (Å²) in [5, 5.41) is 8.49. The van der Waals surface area contributed by atoms with E-state index in [2.05, 4.69) is 19.8 Å². The molecule has 0 saturated heterocycles. The summed E-state index contributed by atoms with van der Waals surface area (Å²) in [6, 6.07) is 2.72. The van der Waals surface area contributed by atoms with Crippen molar-refractivity contribution < 1.29 is 8.42 Å². The van der Waals surface area contributed by atoms with Crippen LogP contribution in [0.15, 0.2) is 23.4 Å². The van der Waals surface area contributed by atoms with E-state index < -0.39 is 10.0 Å². The Morgan fingerprint density at radius 1 is 1.23 bits per heavy atom. The van der Waals surface area contributed by atoms with Gasteiger partial charge in [-0.2, -0.15) is 10.2 Å². The zero-order valence-electron chi connectivity index (χ0n) is 15.1. The molecule has 142 valence electrons. The summed E-state index contributed by atoms with van der Waals surface area (Å²) in [6.07, 6.45) is 9.47. The summed E-state index contributed by atoms with van der Waals surface area (Å²) in [4.78, 5) is 2.74. The van der Waals surface area contributed by atoms with Crippen LogP contribution in [0.4, 0.5) is 0 Å². The smallest absolute Gasteiger partial charge is 0.244 e. The highest BCUT2D eigenvalue weighted by atomic mass is 32.2. The van der Waals surface area contributed by atoms with E-state index in [1.54, 1.807) is 7.05 Å². The Hall–Kier alpha value is -1.71. The molecule has 0 amide bonds. The van der Waals surface area contributed by atoms with E-state index in [0.29, 0.717) is 6.04 Å². The molecule has 1 fully saturated rings. The number of rotatable bonds is 5. The summed E-state index contributed by atoms with van der Waals surface area (Å²) in [5.74, 6) is 0. The monoisotopic (exact) mass is 378 g/mol. The Balaban J connectivity index is 1.40. The SMILES string of the molecule is Cn1cc(S(=O)(=O)NCc2cc3n(n2)CCN(C2CCCCC2)C3)cn1. The molecule has 0 unspecified atom stereocenters. The lowest BCUT2D eigenvalue weighted by Crippen LogP contribution is -2.42. The molecule has 2 aromatic rings. The maximum Gasteiger partial charge on any atom is 0.244 e. The highest BCUT2D eigenvalue weighted by Gasteiger charge is 2.26. The average molecular weight is 379 g/mol. The molecular formula is C17H26N6O2S. The first-order valence-electron chi connectivity index (χ1n) is 9.29. The Morgan fingerprint density at radius 3 is 2.77 bits per heavy atom. The lowest BCUT2D eigenvalue weighted by atomic mass is 9.94. The zero-order chi connectivity index (χ0) is 18.1. The number of nitrogens with zero attached hydrogens (tertiary/aromatic N) is 5. The van der Waals surface area contributed by atoms with Gasteiger partial charge in [0.1, 0.15) is 4.90 Å². The lowest BCUT2D eigenvalue weighted by molar-refractivity contribution is 0.119. The molecule has 1 saturated carbocycles. The topological polar surface area (TPSA) is 85.0 Å². The zero-order valence-corrected chi connectivity index (χ0v) is 16.0. The fourth-order valence-corrected chi connectivity index (χ4v) is 4.96. The fourth-order valence-electron chi connectivity index (χ4n) is 3.98. The van der Waals surface area contributed by atoms with Crippen molar-refractivity contribution >= 4 is 10.0 Å². The Labute approximate surface area is 154 Å². The third-order valence-corrected chi connectivity index (χ3v) is 6.76. The first kappa shape index (κ1) is 17.7. The van der Waals surface area contributed by atoms with Gasteiger partial charge in [-0.25, -0.2) is 13.1 Å². The third-order valence-electron chi connectivity index (χ3n) is 5.40. The third kappa shape index (κ3) is 3.70. The Bertz CT molecular complexity index is 866. The first-order chi connectivity index (χ1) is 12.5. The van der Waals surface area contributed by atoms with Gasteiger partial charge in [0, 0.05) is 32.4 Å². The highest BCUT2D eigenvalue weighted by molar-refractivity contribution is 7.89. The van der Waals surface area contributed by atoms with Crippen molar-refractivity contribution in [3.8, 4) is 0 Å². The minimum Gasteiger partial charge on any atom is -0.293 e. The van der Waals surface area contributed by atoms with Crippen LogP contribution in [0, 0.1) is 0 Å². The molecule has 1 aliphatic carbocycles. The van der Waals surface area contributed by atoms with Crippen LogP contribution in [0.25, 0.3) is 0 Å². The molecule has 2 aromatic heterocycles. The predicted octanol–water partition coefficient (Wildman–Crippen LogP) is 1.24. The van der Waals surface area contributed by atoms with Crippen LogP contribution in [0.5, 0.6) is 0 Å². The fraction of sp³-hybridized carbons (Fsp3) is 0.647. The molecule has 0 bridgehead atoms. The van der Waals surface area contributed by atoms with Gasteiger partial charge in [0.05, 0.1) is 30.7 Å². The average Bonchev–Trinajstić information content (AvgIpc) is 3.26. The second kappa shape index (κ2) is 7.13. The summed E-state index contributed by atoms with van der Waals surface area (Å²) in [6.45, 7) is 3.01. The molecule has 1 N–H and O–H groups in total. The van der Waals surface area contributed by atoms with Crippen LogP contribution in [0.2, 0.25) is 0 Å². The van der Waals surface area contributed by atoms with Crippen molar-refractivity contribution in [3.05, 3.63) is 29.8 Å². The van der Waals surface area contributed by atoms with Gasteiger partial charge in [-0.3, -0.25) is 14.3 Å². The van der Waals surface area contributed by atoms with Gasteiger partial charge in [-0.05, 0) is 18.9 Å². The van der Waals surface area contributed by atoms with Gasteiger partial charge < -0.3 is 0 Å². The van der Waals surface area contributed by atoms with Gasteiger partial charge in [0.15, 0.2) is 0 Å². The summed E-state index contributed by atoms with van der Waals surface area (Å²) in [7, 11) is -1.86. The molecule has 26 heavy (non-hydrogen) atoms. The van der Waals surface area contributed by atoms with Crippen molar-refractivity contribution in [2.75, 3.05) is 6.54 Å². The van der Waals surface area contributed by atoms with E-state index in [4.69, 9.17) is 0 Å². The first-order valence-corrected chi connectivity index (χ1v) is 10.8. The van der Waals surface area contributed by atoms with Crippen molar-refractivity contribution in [2.45, 2.75) is 62.7 Å². The quantitative estimate of drug-likeness (QED) is 0.846. The number of aromatic nitrogens is 4. The van der Waals surface area contributed by atoms with Crippen LogP contribution in [-0.2, 0) is 36.7 Å². The van der Waals surface area contributed by atoms with Crippen molar-refractivity contribution in [1.29, 1.82) is 0 Å². The molecule has 1 aliphatic heterocycles. The molecule has 3 heterocycles. The van der Waals surface area contributed by atoms with Gasteiger partial charge in [-0.1, -0.05) is 19.3 Å². The highest BCUT2D eigenvalue weighted by Crippen LogP contribution is 2.26. The van der Waals surface area contributed by atoms with Crippen molar-refractivity contribution in [3.63, 3.8) is 0 Å². The number of nitrogens with one attached hydrogen (secondary N) is 1. The van der Waals surface area contributed by atoms with E-state index in [1.165, 1.54) is 54.9 Å². The maximum absolute atomic E-state index is 12.3. The van der Waals surface area contributed by atoms with E-state index in [0.717, 1.165) is 25.3 Å². The number of aryl methyl sites for hydroxylation is 1. The van der Waals surface area contributed by atoms with Crippen LogP contribution in [0.3, 0.4) is 0 Å². The Morgan fingerprint density at radius 2 is 2.04 bits per heavy atom. The number of fused-ring (bicyclic) bond motifs is 1. The molecule has 0 spiro atoms. The van der Waals surface area contributed by atoms with E-state index >= 15 is 0 Å². The summed E-state index contributed by atoms with van der Waals surface area (Å²) >= 11 is 0. The maximum atomic E-state index is 12.3. The number of sulfonamides is 1. The molecule has 0 radical (unpaired) electrons. The van der Waals surface area contributed by atoms with Crippen molar-refractivity contribution in [2.24, 2.45) is 7.05 Å². The van der Waals surface area contributed by atoms with E-state index in [9.17, 15) is 8.42 Å². The van der Waals surface area contributed by atoms with Crippen LogP contribution >= 0.6 is 0 Å². The van der Waals surface area contributed by atoms with Crippen LogP contribution in [-0.4, -0.2) is 45.5 Å². The number of hydrogen-bond acceptors (Lipinski definition) is 5. The lowest BCUT2D eigenvalue weighted by Gasteiger charge is -2.36. The van der Waals surface area contributed by atoms with Gasteiger partial charge in [-0.15, -0.1) is 0 Å². The van der Waals surface area contributed by atoms with Crippen LogP contribution < -0.4 is 4.72 Å². The Kier molecular flexibility index (Phi) is 4.85. The molecule has 2 aliphatic rings. The van der Waals surface area contributed by atoms with E-state index in [1.807, 2.05) is 10.7 Å². The molecule has 4 rings (SSSR count). The second-order valence-electron chi connectivity index (χ2n) is 7.29. The number of hydrogen-bond donors (Lipinski definition) is 1. The standard InChI is InChI=1S/C17H26N6O2S/c1-21-13-17(11-18-21)26(24,25)19-10-14-9-16-12-22(7-8-23(16)20-14)15-5-3-2-4-6-15/h9,11,13,15,19H,2-8,10,12H2,1H3. The van der Waals surface area contributed by atoms with Gasteiger partial charge in [0.25, 0.3) is 0 Å². The van der Waals surface area contributed by atoms with Gasteiger partial charge in [0.2, 0.25) is 10.0 Å². The molecule has 9 heteroatoms. The molecule has 0 aromatic carbocycles. The largest absolute Gasteiger partial charge is 0.293 e. The molecule has 8 nitrogen and oxygen atoms in total. The van der Waals surface area contributed by atoms with Crippen LogP contribution in [0.1, 0.15) is 43.5 Å². The van der Waals surface area contributed by atoms with Gasteiger partial charge >= 0.3 is 0 Å². The predicted molar refractivity (Wildman–Crippen MR) is 96.7 cm³/mol. The minimum atomic E-state index is -3.56. The normalized spacial score (nSPS) is 19.6. The summed E-state index contributed by atoms with van der Waals surface area (Å²) < 4.78 is 30.7. The molecular weight excluding hydrogens is 352 g/mol. The minimum absolute atomic E-state index is 0.174. The summed E-state index contributed by atoms with van der Waals surface area (Å²) in [5.41, 5.74) is 1.94. The molecule has 0 atom stereocenters. The van der Waals surface area contributed by atoms with E-state index in [-0.39, 0.29) is 11.4 Å².